The molecule has 0 spiro atoms. The predicted molar refractivity (Wildman–Crippen MR) is 209 cm³/mol. The third kappa shape index (κ3) is 10.2. The number of esters is 1. The van der Waals surface area contributed by atoms with E-state index in [1.165, 1.54) is 0 Å². The van der Waals surface area contributed by atoms with Crippen molar-refractivity contribution in [3.05, 3.63) is 89.0 Å². The molecule has 0 bridgehead atoms. The van der Waals surface area contributed by atoms with Crippen LogP contribution < -0.4 is 4.90 Å². The summed E-state index contributed by atoms with van der Waals surface area (Å²) in [6, 6.07) is 11.6. The molecule has 0 radical (unpaired) electrons. The van der Waals surface area contributed by atoms with Crippen LogP contribution in [0.25, 0.3) is 0 Å². The number of alkyl halides is 6. The Morgan fingerprint density at radius 1 is 0.814 bits per heavy atom. The standard InChI is InChI=1S/C45H54F6N4O4/c1-3-35-23-32(24-36(20-28-8-6-5-7-9-28)55(35)43(57)31-12-10-29(11-13-31)22-39(56)59-4-2)40-38(21-30-18-33(44(46,47)48)25-34(19-30)45(49,50)51)41(40)42-52-26-37(27-53-42)54-14-16-58-17-15-54/h5-9,18-19,25-27,29,31-32,35-36,38,40-41H,3-4,10-17,20-24H2,1-2H3/t29?,31?,32-,35+,36-,38?,40-,41?/m0/s1. The Morgan fingerprint density at radius 2 is 1.44 bits per heavy atom. The lowest BCUT2D eigenvalue weighted by Gasteiger charge is -2.47. The number of carbonyl (C=O) groups is 2. The number of nitrogens with zero attached hydrogens (tertiary/aromatic N) is 4. The molecule has 2 aliphatic heterocycles. The molecule has 8 nitrogen and oxygen atoms in total. The number of morpholine rings is 1. The molecule has 3 aromatic rings. The lowest BCUT2D eigenvalue weighted by Crippen LogP contribution is -2.55. The van der Waals surface area contributed by atoms with E-state index in [9.17, 15) is 35.9 Å². The first-order valence-electron chi connectivity index (χ1n) is 21.2. The Labute approximate surface area is 342 Å². The van der Waals surface area contributed by atoms with Crippen molar-refractivity contribution in [2.75, 3.05) is 37.8 Å². The summed E-state index contributed by atoms with van der Waals surface area (Å²) in [6.07, 6.45) is -0.497. The number of ether oxygens (including phenoxy) is 2. The maximum Gasteiger partial charge on any atom is 0.416 e. The zero-order valence-electron chi connectivity index (χ0n) is 33.7. The van der Waals surface area contributed by atoms with Gasteiger partial charge in [-0.3, -0.25) is 9.59 Å². The molecule has 14 heteroatoms. The lowest BCUT2D eigenvalue weighted by atomic mass is 9.76. The van der Waals surface area contributed by atoms with E-state index in [0.29, 0.717) is 83.7 Å². The Hall–Kier alpha value is -4.20. The number of carbonyl (C=O) groups excluding carboxylic acids is 2. The molecule has 2 saturated heterocycles. The second kappa shape index (κ2) is 18.2. The van der Waals surface area contributed by atoms with Crippen LogP contribution in [0, 0.1) is 29.6 Å². The predicted octanol–water partition coefficient (Wildman–Crippen LogP) is 9.31. The zero-order valence-corrected chi connectivity index (χ0v) is 33.7. The third-order valence-corrected chi connectivity index (χ3v) is 13.2. The first-order valence-corrected chi connectivity index (χ1v) is 21.2. The molecular formula is C45H54F6N4O4. The number of rotatable bonds is 12. The first-order chi connectivity index (χ1) is 28.2. The fourth-order valence-corrected chi connectivity index (χ4v) is 10.3. The number of halogens is 6. The van der Waals surface area contributed by atoms with Gasteiger partial charge in [0.25, 0.3) is 0 Å². The minimum Gasteiger partial charge on any atom is -0.466 e. The highest BCUT2D eigenvalue weighted by molar-refractivity contribution is 5.80. The molecule has 4 fully saturated rings. The second-order valence-corrected chi connectivity index (χ2v) is 16.9. The van der Waals surface area contributed by atoms with Crippen LogP contribution in [0.1, 0.15) is 99.2 Å². The summed E-state index contributed by atoms with van der Waals surface area (Å²) in [5.41, 5.74) is -0.753. The summed E-state index contributed by atoms with van der Waals surface area (Å²) < 4.78 is 94.5. The summed E-state index contributed by atoms with van der Waals surface area (Å²) in [5.74, 6) is -0.211. The molecule has 7 rings (SSSR count). The molecule has 2 aliphatic carbocycles. The molecule has 2 aromatic carbocycles. The van der Waals surface area contributed by atoms with Crippen LogP contribution >= 0.6 is 0 Å². The number of hydrogen-bond donors (Lipinski definition) is 0. The van der Waals surface area contributed by atoms with Crippen LogP contribution in [-0.4, -0.2) is 71.7 Å². The Kier molecular flexibility index (Phi) is 13.2. The minimum atomic E-state index is -4.95. The van der Waals surface area contributed by atoms with Crippen LogP contribution in [0.4, 0.5) is 32.0 Å². The highest BCUT2D eigenvalue weighted by Crippen LogP contribution is 2.61. The number of benzene rings is 2. The first kappa shape index (κ1) is 42.9. The molecule has 6 atom stereocenters. The van der Waals surface area contributed by atoms with Crippen molar-refractivity contribution >= 4 is 17.6 Å². The third-order valence-electron chi connectivity index (χ3n) is 13.2. The molecular weight excluding hydrogens is 775 g/mol. The van der Waals surface area contributed by atoms with E-state index in [2.05, 4.69) is 16.7 Å². The fourth-order valence-electron chi connectivity index (χ4n) is 10.3. The van der Waals surface area contributed by atoms with E-state index in [1.807, 2.05) is 30.3 Å². The Balaban J connectivity index is 1.18. The smallest absolute Gasteiger partial charge is 0.416 e. The van der Waals surface area contributed by atoms with Crippen LogP contribution in [0.3, 0.4) is 0 Å². The topological polar surface area (TPSA) is 84.9 Å². The number of anilines is 1. The lowest BCUT2D eigenvalue weighted by molar-refractivity contribution is -0.147. The van der Waals surface area contributed by atoms with Gasteiger partial charge in [-0.2, -0.15) is 26.3 Å². The maximum absolute atomic E-state index is 14.6. The van der Waals surface area contributed by atoms with Gasteiger partial charge in [0.2, 0.25) is 5.91 Å². The quantitative estimate of drug-likeness (QED) is 0.133. The molecule has 1 aromatic heterocycles. The van der Waals surface area contributed by atoms with Crippen molar-refractivity contribution in [3.8, 4) is 0 Å². The van der Waals surface area contributed by atoms with Crippen molar-refractivity contribution in [1.29, 1.82) is 0 Å². The van der Waals surface area contributed by atoms with E-state index in [1.54, 1.807) is 19.3 Å². The molecule has 1 amide bonds. The second-order valence-electron chi connectivity index (χ2n) is 16.9. The minimum absolute atomic E-state index is 0.00520. The number of likely N-dealkylation sites (tertiary alicyclic amines) is 1. The van der Waals surface area contributed by atoms with Gasteiger partial charge in [-0.15, -0.1) is 0 Å². The summed E-state index contributed by atoms with van der Waals surface area (Å²) in [6.45, 7) is 6.71. The van der Waals surface area contributed by atoms with E-state index < -0.39 is 23.5 Å². The van der Waals surface area contributed by atoms with E-state index >= 15 is 0 Å². The highest BCUT2D eigenvalue weighted by atomic mass is 19.4. The van der Waals surface area contributed by atoms with Crippen molar-refractivity contribution in [3.63, 3.8) is 0 Å². The summed E-state index contributed by atoms with van der Waals surface area (Å²) >= 11 is 0. The summed E-state index contributed by atoms with van der Waals surface area (Å²) in [5, 5.41) is 0. The normalized spacial score (nSPS) is 27.7. The van der Waals surface area contributed by atoms with Gasteiger partial charge in [0.05, 0.1) is 49.0 Å². The van der Waals surface area contributed by atoms with E-state index in [4.69, 9.17) is 19.4 Å². The average Bonchev–Trinajstić information content (AvgIpc) is 3.93. The molecule has 320 valence electrons. The number of piperidine rings is 1. The monoisotopic (exact) mass is 828 g/mol. The molecule has 3 heterocycles. The van der Waals surface area contributed by atoms with Crippen LogP contribution in [0.15, 0.2) is 60.9 Å². The van der Waals surface area contributed by atoms with Crippen molar-refractivity contribution < 1.29 is 45.4 Å². The highest BCUT2D eigenvalue weighted by Gasteiger charge is 2.58. The molecule has 59 heavy (non-hydrogen) atoms. The summed E-state index contributed by atoms with van der Waals surface area (Å²) in [4.78, 5) is 40.6. The zero-order chi connectivity index (χ0) is 41.9. The van der Waals surface area contributed by atoms with Gasteiger partial charge >= 0.3 is 18.3 Å². The van der Waals surface area contributed by atoms with Gasteiger partial charge in [-0.1, -0.05) is 37.3 Å². The molecule has 4 aliphatic rings. The van der Waals surface area contributed by atoms with Gasteiger partial charge < -0.3 is 19.3 Å². The van der Waals surface area contributed by atoms with Crippen LogP contribution in [0.5, 0.6) is 0 Å². The Morgan fingerprint density at radius 3 is 2.03 bits per heavy atom. The van der Waals surface area contributed by atoms with Gasteiger partial charge in [-0.05, 0) is 118 Å². The fraction of sp³-hybridized carbons (Fsp3) is 0.600. The maximum atomic E-state index is 14.6. The average molecular weight is 829 g/mol. The molecule has 0 N–H and O–H groups in total. The van der Waals surface area contributed by atoms with E-state index in [-0.39, 0.29) is 77.5 Å². The van der Waals surface area contributed by atoms with Crippen molar-refractivity contribution in [1.82, 2.24) is 14.9 Å². The van der Waals surface area contributed by atoms with Crippen molar-refractivity contribution in [2.24, 2.45) is 29.6 Å². The largest absolute Gasteiger partial charge is 0.466 e. The van der Waals surface area contributed by atoms with Gasteiger partial charge in [0.15, 0.2) is 0 Å². The van der Waals surface area contributed by atoms with Crippen LogP contribution in [0.2, 0.25) is 0 Å². The van der Waals surface area contributed by atoms with Crippen molar-refractivity contribution in [2.45, 2.75) is 108 Å². The van der Waals surface area contributed by atoms with Crippen LogP contribution in [-0.2, 0) is 44.3 Å². The van der Waals surface area contributed by atoms with Gasteiger partial charge in [-0.25, -0.2) is 9.97 Å². The number of amides is 1. The van der Waals surface area contributed by atoms with Gasteiger partial charge in [0, 0.05) is 43.4 Å². The number of hydrogen-bond acceptors (Lipinski definition) is 7. The molecule has 2 unspecified atom stereocenters. The number of aromatic nitrogens is 2. The van der Waals surface area contributed by atoms with E-state index in [0.717, 1.165) is 36.2 Å². The Bertz CT molecular complexity index is 1850. The SMILES string of the molecule is CCOC(=O)CC1CCC(C(=O)N2[C@H](CC)C[C@H]([C@H]3C(Cc4cc(C(F)(F)F)cc(C(F)(F)F)c4)C3c3ncc(N4CCOCC4)cn3)C[C@@H]2Cc2ccccc2)CC1. The van der Waals surface area contributed by atoms with Gasteiger partial charge in [0.1, 0.15) is 5.82 Å². The molecule has 2 saturated carbocycles. The summed E-state index contributed by atoms with van der Waals surface area (Å²) in [7, 11) is 0.